The third kappa shape index (κ3) is 7.63. The maximum Gasteiger partial charge on any atom is 0.407 e. The lowest BCUT2D eigenvalue weighted by Crippen LogP contribution is -2.53. The molecule has 8 rings (SSSR count). The molecule has 2 fully saturated rings. The van der Waals surface area contributed by atoms with Crippen LogP contribution in [0.5, 0.6) is 5.75 Å². The molecule has 0 saturated carbocycles. The third-order valence-corrected chi connectivity index (χ3v) is 12.8. The summed E-state index contributed by atoms with van der Waals surface area (Å²) in [4.78, 5) is 73.0. The van der Waals surface area contributed by atoms with Gasteiger partial charge in [-0.3, -0.25) is 9.59 Å². The van der Waals surface area contributed by atoms with Crippen LogP contribution in [0.15, 0.2) is 48.7 Å². The summed E-state index contributed by atoms with van der Waals surface area (Å²) in [5, 5.41) is 7.46. The van der Waals surface area contributed by atoms with E-state index in [1.54, 1.807) is 0 Å². The molecule has 0 spiro atoms. The number of likely N-dealkylation sites (tertiary alicyclic amines) is 2. The van der Waals surface area contributed by atoms with Crippen LogP contribution in [0.25, 0.3) is 44.2 Å². The van der Waals surface area contributed by atoms with Crippen molar-refractivity contribution in [3.8, 4) is 28.1 Å². The average molecular weight is 833 g/mol. The van der Waals surface area contributed by atoms with E-state index in [-0.39, 0.29) is 47.8 Å². The highest BCUT2D eigenvalue weighted by molar-refractivity contribution is 6.07. The number of hydrogen-bond acceptors (Lipinski definition) is 9. The summed E-state index contributed by atoms with van der Waals surface area (Å²) < 4.78 is 16.1. The lowest BCUT2D eigenvalue weighted by Gasteiger charge is -2.33. The van der Waals surface area contributed by atoms with Gasteiger partial charge in [0, 0.05) is 23.0 Å². The van der Waals surface area contributed by atoms with Crippen molar-refractivity contribution >= 4 is 45.8 Å². The van der Waals surface area contributed by atoms with Crippen molar-refractivity contribution in [3.63, 3.8) is 0 Å². The summed E-state index contributed by atoms with van der Waals surface area (Å²) in [5.41, 5.74) is 6.60. The summed E-state index contributed by atoms with van der Waals surface area (Å²) in [6, 6.07) is 12.7. The van der Waals surface area contributed by atoms with Crippen LogP contribution in [0.3, 0.4) is 0 Å². The van der Waals surface area contributed by atoms with Crippen molar-refractivity contribution in [3.05, 3.63) is 65.9 Å². The van der Waals surface area contributed by atoms with Crippen molar-refractivity contribution in [2.75, 3.05) is 14.2 Å². The van der Waals surface area contributed by atoms with E-state index in [9.17, 15) is 19.2 Å². The van der Waals surface area contributed by atoms with Gasteiger partial charge in [0.1, 0.15) is 36.1 Å². The number of carbonyl (C=O) groups is 4. The quantitative estimate of drug-likeness (QED) is 0.109. The number of ether oxygens (including phenoxy) is 3. The van der Waals surface area contributed by atoms with Crippen LogP contribution >= 0.6 is 0 Å². The standard InChI is InChI=1S/C46H56N8O7/c1-9-29-13-17-36(54(29)44(56)39(24(4)5)52-46(58)60-8)42-48-33-15-12-26-19-32-30-14-11-27(18-28(30)22-61-37(32)20-31(26)40(33)50-42)34-21-47-41(49-34)35-16-10-25(6)53(35)43(55)38(23(2)3)51-45(57)59-7/h11-12,14-15,18-21,23-25,29,35-36,38-39H,9-10,13,16-17,22H2,1-8H3,(H,47,49)(H,48,50)(H,51,57)(H,52,58)/t25-,29-,35-,36-,38?,39-/m0/s1. The van der Waals surface area contributed by atoms with Gasteiger partial charge in [0.15, 0.2) is 0 Å². The van der Waals surface area contributed by atoms with E-state index in [1.165, 1.54) is 14.2 Å². The molecule has 322 valence electrons. The molecule has 0 aliphatic carbocycles. The molecule has 1 unspecified atom stereocenters. The number of aromatic amines is 2. The SMILES string of the molecule is CC[C@H]1CC[C@@H](c2nc3c(ccc4cc5c(cc43)OCc3cc(-c4cnc([C@@H]6CC[C@H](C)N6C(=O)C(NC(=O)OC)C(C)C)[nH]4)ccc3-5)[nH]2)N1C(=O)[C@@H](NC(=O)OC)C(C)C. The average Bonchev–Trinajstić information content (AvgIpc) is 4.08. The fourth-order valence-corrected chi connectivity index (χ4v) is 9.51. The van der Waals surface area contributed by atoms with E-state index in [1.807, 2.05) is 56.7 Å². The Bertz CT molecular complexity index is 2490. The van der Waals surface area contributed by atoms with Gasteiger partial charge in [-0.15, -0.1) is 0 Å². The number of hydrogen-bond donors (Lipinski definition) is 4. The van der Waals surface area contributed by atoms with Gasteiger partial charge in [0.2, 0.25) is 11.8 Å². The van der Waals surface area contributed by atoms with E-state index in [0.717, 1.165) is 93.4 Å². The van der Waals surface area contributed by atoms with Crippen molar-refractivity contribution < 1.29 is 33.4 Å². The van der Waals surface area contributed by atoms with Crippen LogP contribution in [0.4, 0.5) is 9.59 Å². The van der Waals surface area contributed by atoms with E-state index in [2.05, 4.69) is 63.9 Å². The van der Waals surface area contributed by atoms with E-state index >= 15 is 0 Å². The van der Waals surface area contributed by atoms with Crippen molar-refractivity contribution in [1.82, 2.24) is 40.4 Å². The number of amides is 4. The first-order valence-electron chi connectivity index (χ1n) is 21.4. The summed E-state index contributed by atoms with van der Waals surface area (Å²) in [5.74, 6) is 1.66. The summed E-state index contributed by atoms with van der Waals surface area (Å²) >= 11 is 0. The smallest absolute Gasteiger partial charge is 0.407 e. The summed E-state index contributed by atoms with van der Waals surface area (Å²) in [7, 11) is 2.59. The Kier molecular flexibility index (Phi) is 11.4. The molecule has 4 amide bonds. The van der Waals surface area contributed by atoms with E-state index in [0.29, 0.717) is 12.4 Å². The number of nitrogens with zero attached hydrogens (tertiary/aromatic N) is 4. The summed E-state index contributed by atoms with van der Waals surface area (Å²) in [6.07, 6.45) is 4.52. The second-order valence-electron chi connectivity index (χ2n) is 17.3. The lowest BCUT2D eigenvalue weighted by atomic mass is 9.92. The number of nitrogens with one attached hydrogen (secondary N) is 4. The normalized spacial score (nSPS) is 20.7. The van der Waals surface area contributed by atoms with Gasteiger partial charge in [-0.1, -0.05) is 52.8 Å². The van der Waals surface area contributed by atoms with Crippen LogP contribution < -0.4 is 15.4 Å². The molecule has 15 nitrogen and oxygen atoms in total. The number of alkyl carbamates (subject to hydrolysis) is 2. The first-order valence-corrected chi connectivity index (χ1v) is 21.4. The highest BCUT2D eigenvalue weighted by Gasteiger charge is 2.43. The Balaban J connectivity index is 1.05. The second-order valence-corrected chi connectivity index (χ2v) is 17.3. The molecule has 5 aromatic rings. The Morgan fingerprint density at radius 2 is 1.49 bits per heavy atom. The van der Waals surface area contributed by atoms with Crippen molar-refractivity contribution in [2.24, 2.45) is 11.8 Å². The predicted molar refractivity (Wildman–Crippen MR) is 230 cm³/mol. The molecule has 3 aliphatic heterocycles. The molecule has 3 aliphatic rings. The summed E-state index contributed by atoms with van der Waals surface area (Å²) in [6.45, 7) is 12.1. The first-order chi connectivity index (χ1) is 29.3. The van der Waals surface area contributed by atoms with Gasteiger partial charge < -0.3 is 44.6 Å². The first kappa shape index (κ1) is 41.6. The molecule has 0 radical (unpaired) electrons. The van der Waals surface area contributed by atoms with Crippen molar-refractivity contribution in [1.29, 1.82) is 0 Å². The van der Waals surface area contributed by atoms with Crippen LogP contribution in [0, 0.1) is 11.8 Å². The number of imidazole rings is 2. The minimum absolute atomic E-state index is 0.0160. The van der Waals surface area contributed by atoms with Gasteiger partial charge in [-0.05, 0) is 97.2 Å². The zero-order valence-electron chi connectivity index (χ0n) is 36.1. The maximum absolute atomic E-state index is 14.1. The molecular weight excluding hydrogens is 777 g/mol. The largest absolute Gasteiger partial charge is 0.488 e. The van der Waals surface area contributed by atoms with Crippen LogP contribution in [0.1, 0.15) is 103 Å². The number of carbonyl (C=O) groups excluding carboxylic acids is 4. The van der Waals surface area contributed by atoms with Crippen LogP contribution in [-0.2, 0) is 25.7 Å². The van der Waals surface area contributed by atoms with E-state index in [4.69, 9.17) is 24.2 Å². The minimum Gasteiger partial charge on any atom is -0.488 e. The molecule has 15 heteroatoms. The fourth-order valence-electron chi connectivity index (χ4n) is 9.51. The van der Waals surface area contributed by atoms with Gasteiger partial charge >= 0.3 is 12.2 Å². The Morgan fingerprint density at radius 3 is 2.16 bits per heavy atom. The van der Waals surface area contributed by atoms with Gasteiger partial charge in [0.05, 0.1) is 49.2 Å². The zero-order valence-corrected chi connectivity index (χ0v) is 36.1. The lowest BCUT2D eigenvalue weighted by molar-refractivity contribution is -0.138. The second kappa shape index (κ2) is 16.7. The Labute approximate surface area is 355 Å². The maximum atomic E-state index is 14.1. The number of benzene rings is 3. The molecule has 5 heterocycles. The Hall–Kier alpha value is -6.12. The molecule has 3 aromatic carbocycles. The predicted octanol–water partition coefficient (Wildman–Crippen LogP) is 7.92. The minimum atomic E-state index is -0.724. The monoisotopic (exact) mass is 832 g/mol. The van der Waals surface area contributed by atoms with Gasteiger partial charge in [0.25, 0.3) is 0 Å². The zero-order chi connectivity index (χ0) is 43.3. The molecule has 2 saturated heterocycles. The van der Waals surface area contributed by atoms with Gasteiger partial charge in [-0.2, -0.15) is 0 Å². The topological polar surface area (TPSA) is 184 Å². The van der Waals surface area contributed by atoms with Crippen LogP contribution in [0.2, 0.25) is 0 Å². The van der Waals surface area contributed by atoms with Crippen LogP contribution in [-0.4, -0.2) is 92.1 Å². The number of H-pyrrole nitrogens is 2. The number of rotatable bonds is 10. The molecule has 2 aromatic heterocycles. The molecule has 61 heavy (non-hydrogen) atoms. The highest BCUT2D eigenvalue weighted by Crippen LogP contribution is 2.44. The third-order valence-electron chi connectivity index (χ3n) is 12.8. The molecular formula is C46H56N8O7. The van der Waals surface area contributed by atoms with Gasteiger partial charge in [-0.25, -0.2) is 19.6 Å². The molecule has 4 N–H and O–H groups in total. The van der Waals surface area contributed by atoms with Crippen molar-refractivity contribution in [2.45, 2.75) is 117 Å². The fraction of sp³-hybridized carbons (Fsp3) is 0.478. The number of fused-ring (bicyclic) bond motifs is 6. The molecule has 6 atom stereocenters. The number of methoxy groups -OCH3 is 2. The Morgan fingerprint density at radius 1 is 0.820 bits per heavy atom. The van der Waals surface area contributed by atoms with E-state index < -0.39 is 24.3 Å². The number of aromatic nitrogens is 4. The molecule has 0 bridgehead atoms. The highest BCUT2D eigenvalue weighted by atomic mass is 16.5.